The topological polar surface area (TPSA) is 61.4 Å². The van der Waals surface area contributed by atoms with Gasteiger partial charge in [-0.1, -0.05) is 11.6 Å². The Labute approximate surface area is 151 Å². The van der Waals surface area contributed by atoms with Gasteiger partial charge in [-0.2, -0.15) is 0 Å². The van der Waals surface area contributed by atoms with Crippen LogP contribution in [0.5, 0.6) is 0 Å². The molecule has 7 heteroatoms. The quantitative estimate of drug-likeness (QED) is 0.911. The van der Waals surface area contributed by atoms with Gasteiger partial charge in [0.2, 0.25) is 5.91 Å². The van der Waals surface area contributed by atoms with Gasteiger partial charge in [0.25, 0.3) is 0 Å². The highest BCUT2D eigenvalue weighted by molar-refractivity contribution is 6.30. The van der Waals surface area contributed by atoms with E-state index < -0.39 is 0 Å². The molecule has 0 bridgehead atoms. The second-order valence-corrected chi connectivity index (χ2v) is 7.10. The van der Waals surface area contributed by atoms with Gasteiger partial charge in [0.05, 0.1) is 18.7 Å². The first kappa shape index (κ1) is 16.1. The number of amides is 1. The van der Waals surface area contributed by atoms with Crippen LogP contribution in [0.3, 0.4) is 0 Å². The third kappa shape index (κ3) is 3.39. The largest absolute Gasteiger partial charge is 0.369 e. The minimum Gasteiger partial charge on any atom is -0.369 e. The van der Waals surface area contributed by atoms with Gasteiger partial charge in [-0.05, 0) is 43.0 Å². The number of carbonyl (C=O) groups is 1. The van der Waals surface area contributed by atoms with Gasteiger partial charge in [-0.3, -0.25) is 4.79 Å². The molecule has 6 nitrogen and oxygen atoms in total. The van der Waals surface area contributed by atoms with Gasteiger partial charge in [0.15, 0.2) is 0 Å². The van der Waals surface area contributed by atoms with Gasteiger partial charge in [0.1, 0.15) is 18.0 Å². The van der Waals surface area contributed by atoms with Gasteiger partial charge in [-0.25, -0.2) is 9.97 Å². The van der Waals surface area contributed by atoms with Crippen LogP contribution < -0.4 is 15.1 Å². The van der Waals surface area contributed by atoms with Gasteiger partial charge >= 0.3 is 0 Å². The number of nitrogens with one attached hydrogen (secondary N) is 1. The standard InChI is InChI=1S/C18H20ClN5O/c1-23-10-16(25)24(14-6-4-13(19)5-7-14)9-15-17(20-8-12-2-3-12)21-11-22-18(15)23/h4-7,11-12H,2-3,8-10H2,1H3,(H,20,21,22). The van der Waals surface area contributed by atoms with E-state index in [1.807, 2.05) is 24.1 Å². The Bertz CT molecular complexity index is 791. The first-order valence-corrected chi connectivity index (χ1v) is 8.84. The zero-order valence-electron chi connectivity index (χ0n) is 14.1. The summed E-state index contributed by atoms with van der Waals surface area (Å²) >= 11 is 5.98. The molecule has 1 N–H and O–H groups in total. The van der Waals surface area contributed by atoms with E-state index in [-0.39, 0.29) is 12.5 Å². The van der Waals surface area contributed by atoms with Crippen LogP contribution >= 0.6 is 11.6 Å². The molecule has 4 rings (SSSR count). The van der Waals surface area contributed by atoms with Crippen molar-refractivity contribution in [3.8, 4) is 0 Å². The lowest BCUT2D eigenvalue weighted by atomic mass is 10.2. The summed E-state index contributed by atoms with van der Waals surface area (Å²) < 4.78 is 0. The number of likely N-dealkylation sites (N-methyl/N-ethyl adjacent to an activating group) is 1. The van der Waals surface area contributed by atoms with Gasteiger partial charge in [-0.15, -0.1) is 0 Å². The molecule has 0 atom stereocenters. The summed E-state index contributed by atoms with van der Waals surface area (Å²) in [5, 5.41) is 4.09. The lowest BCUT2D eigenvalue weighted by Crippen LogP contribution is -2.35. The Balaban J connectivity index is 1.69. The average Bonchev–Trinajstić information content (AvgIpc) is 3.43. The summed E-state index contributed by atoms with van der Waals surface area (Å²) in [6, 6.07) is 7.33. The van der Waals surface area contributed by atoms with E-state index in [0.29, 0.717) is 11.6 Å². The van der Waals surface area contributed by atoms with Crippen LogP contribution in [0.2, 0.25) is 5.02 Å². The zero-order valence-corrected chi connectivity index (χ0v) is 14.8. The Morgan fingerprint density at radius 1 is 1.20 bits per heavy atom. The van der Waals surface area contributed by atoms with E-state index in [4.69, 9.17) is 11.6 Å². The van der Waals surface area contributed by atoms with Crippen molar-refractivity contribution in [1.82, 2.24) is 9.97 Å². The summed E-state index contributed by atoms with van der Waals surface area (Å²) in [5.41, 5.74) is 1.78. The molecule has 1 amide bonds. The van der Waals surface area contributed by atoms with E-state index in [1.54, 1.807) is 23.4 Å². The molecule has 1 aromatic heterocycles. The van der Waals surface area contributed by atoms with Crippen molar-refractivity contribution in [2.24, 2.45) is 5.92 Å². The number of anilines is 3. The molecule has 1 fully saturated rings. The van der Waals surface area contributed by atoms with Crippen LogP contribution in [0, 0.1) is 5.92 Å². The molecule has 130 valence electrons. The fraction of sp³-hybridized carbons (Fsp3) is 0.389. The number of nitrogens with zero attached hydrogens (tertiary/aromatic N) is 4. The van der Waals surface area contributed by atoms with E-state index in [2.05, 4.69) is 15.3 Å². The third-order valence-corrected chi connectivity index (χ3v) is 4.92. The number of carbonyl (C=O) groups excluding carboxylic acids is 1. The molecule has 0 radical (unpaired) electrons. The average molecular weight is 358 g/mol. The van der Waals surface area contributed by atoms with Crippen molar-refractivity contribution >= 4 is 34.8 Å². The highest BCUT2D eigenvalue weighted by Crippen LogP contribution is 2.32. The minimum absolute atomic E-state index is 0.0240. The summed E-state index contributed by atoms with van der Waals surface area (Å²) in [6.45, 7) is 1.63. The van der Waals surface area contributed by atoms with Crippen LogP contribution in [0.15, 0.2) is 30.6 Å². The summed E-state index contributed by atoms with van der Waals surface area (Å²) in [7, 11) is 1.89. The van der Waals surface area contributed by atoms with Crippen molar-refractivity contribution in [1.29, 1.82) is 0 Å². The van der Waals surface area contributed by atoms with Gasteiger partial charge in [0, 0.05) is 24.3 Å². The van der Waals surface area contributed by atoms with Crippen LogP contribution in [0.25, 0.3) is 0 Å². The second-order valence-electron chi connectivity index (χ2n) is 6.66. The molecule has 2 aromatic rings. The minimum atomic E-state index is 0.0240. The summed E-state index contributed by atoms with van der Waals surface area (Å²) in [5.74, 6) is 2.38. The molecule has 2 heterocycles. The molecule has 0 saturated heterocycles. The predicted octanol–water partition coefficient (Wildman–Crippen LogP) is 2.93. The van der Waals surface area contributed by atoms with E-state index in [1.165, 1.54) is 12.8 Å². The predicted molar refractivity (Wildman–Crippen MR) is 99.2 cm³/mol. The lowest BCUT2D eigenvalue weighted by Gasteiger charge is -2.21. The SMILES string of the molecule is CN1CC(=O)N(c2ccc(Cl)cc2)Cc2c(NCC3CC3)ncnc21. The highest BCUT2D eigenvalue weighted by atomic mass is 35.5. The molecule has 0 spiro atoms. The van der Waals surface area contributed by atoms with E-state index in [0.717, 1.165) is 35.3 Å². The number of aromatic nitrogens is 2. The number of benzene rings is 1. The smallest absolute Gasteiger partial charge is 0.246 e. The maximum absolute atomic E-state index is 12.7. The molecule has 2 aliphatic rings. The summed E-state index contributed by atoms with van der Waals surface area (Å²) in [6.07, 6.45) is 4.11. The van der Waals surface area contributed by atoms with Crippen LogP contribution in [-0.4, -0.2) is 36.0 Å². The number of hydrogen-bond acceptors (Lipinski definition) is 5. The lowest BCUT2D eigenvalue weighted by molar-refractivity contribution is -0.117. The van der Waals surface area contributed by atoms with Crippen molar-refractivity contribution in [2.75, 3.05) is 35.3 Å². The summed E-state index contributed by atoms with van der Waals surface area (Å²) in [4.78, 5) is 25.2. The molecule has 1 aromatic carbocycles. The molecule has 1 aliphatic heterocycles. The third-order valence-electron chi connectivity index (χ3n) is 4.67. The first-order valence-electron chi connectivity index (χ1n) is 8.46. The molecule has 1 saturated carbocycles. The monoisotopic (exact) mass is 357 g/mol. The fourth-order valence-corrected chi connectivity index (χ4v) is 3.18. The maximum atomic E-state index is 12.7. The van der Waals surface area contributed by atoms with Crippen molar-refractivity contribution in [2.45, 2.75) is 19.4 Å². The molecular weight excluding hydrogens is 338 g/mol. The number of hydrogen-bond donors (Lipinski definition) is 1. The van der Waals surface area contributed by atoms with Crippen LogP contribution in [-0.2, 0) is 11.3 Å². The normalized spacial score (nSPS) is 17.3. The van der Waals surface area contributed by atoms with Crippen molar-refractivity contribution in [3.63, 3.8) is 0 Å². The Kier molecular flexibility index (Phi) is 4.21. The zero-order chi connectivity index (χ0) is 17.4. The maximum Gasteiger partial charge on any atom is 0.246 e. The molecule has 0 unspecified atom stereocenters. The Morgan fingerprint density at radius 3 is 2.68 bits per heavy atom. The number of rotatable bonds is 4. The van der Waals surface area contributed by atoms with Crippen molar-refractivity contribution < 1.29 is 4.79 Å². The number of fused-ring (bicyclic) bond motifs is 1. The van der Waals surface area contributed by atoms with Crippen LogP contribution in [0.4, 0.5) is 17.3 Å². The first-order chi connectivity index (χ1) is 12.1. The van der Waals surface area contributed by atoms with E-state index in [9.17, 15) is 4.79 Å². The molecule has 25 heavy (non-hydrogen) atoms. The molecule has 1 aliphatic carbocycles. The second kappa shape index (κ2) is 6.52. The Hall–Kier alpha value is -2.34. The number of halogens is 1. The fourth-order valence-electron chi connectivity index (χ4n) is 3.06. The highest BCUT2D eigenvalue weighted by Gasteiger charge is 2.29. The van der Waals surface area contributed by atoms with E-state index >= 15 is 0 Å². The molecular formula is C18H20ClN5O. The van der Waals surface area contributed by atoms with Crippen LogP contribution in [0.1, 0.15) is 18.4 Å². The van der Waals surface area contributed by atoms with Gasteiger partial charge < -0.3 is 15.1 Å². The Morgan fingerprint density at radius 2 is 1.96 bits per heavy atom. The van der Waals surface area contributed by atoms with Crippen molar-refractivity contribution in [3.05, 3.63) is 41.2 Å².